The molecule has 15 heteroatoms. The number of hydrogen-bond acceptors (Lipinski definition) is 11. The molecule has 0 radical (unpaired) electrons. The summed E-state index contributed by atoms with van der Waals surface area (Å²) in [5, 5.41) is 18.9. The number of carbonyl (C=O) groups excluding carboxylic acids is 2. The molecule has 2 aromatic heterocycles. The fraction of sp³-hybridized carbons (Fsp3) is 0.350. The number of oxime groups is 1. The molecule has 5 N–H and O–H groups in total. The van der Waals surface area contributed by atoms with Crippen LogP contribution in [0.25, 0.3) is 0 Å². The molecule has 13 nitrogen and oxygen atoms in total. The van der Waals surface area contributed by atoms with Crippen molar-refractivity contribution in [3.05, 3.63) is 41.6 Å². The highest BCUT2D eigenvalue weighted by atomic mass is 32.2. The van der Waals surface area contributed by atoms with Crippen molar-refractivity contribution in [1.82, 2.24) is 19.6 Å². The zero-order valence-electron chi connectivity index (χ0n) is 18.8. The first kappa shape index (κ1) is 24.4. The second kappa shape index (κ2) is 10.3. The molecule has 0 aliphatic carbocycles. The van der Waals surface area contributed by atoms with Crippen LogP contribution in [0, 0.1) is 0 Å². The topological polar surface area (TPSA) is 176 Å². The molecule has 2 aliphatic heterocycles. The third kappa shape index (κ3) is 4.90. The van der Waals surface area contributed by atoms with Crippen LogP contribution in [0.1, 0.15) is 12.7 Å². The number of hydrogen-bond donors (Lipinski definition) is 4. The number of anilines is 2. The number of β-lactam (4-membered cyclic amide) rings is 1. The fourth-order valence-electron chi connectivity index (χ4n) is 3.65. The molecule has 4 heterocycles. The van der Waals surface area contributed by atoms with Gasteiger partial charge in [0.05, 0.1) is 5.69 Å². The summed E-state index contributed by atoms with van der Waals surface area (Å²) >= 11 is 2.27. The molecule has 184 valence electrons. The van der Waals surface area contributed by atoms with Gasteiger partial charge in [-0.25, -0.2) is 4.79 Å². The molecule has 1 saturated heterocycles. The van der Waals surface area contributed by atoms with Crippen LogP contribution >= 0.6 is 23.3 Å². The quantitative estimate of drug-likeness (QED) is 0.148. The van der Waals surface area contributed by atoms with Gasteiger partial charge in [0.25, 0.3) is 11.8 Å². The number of fused-ring (bicyclic) bond motifs is 1. The van der Waals surface area contributed by atoms with E-state index >= 15 is 0 Å². The number of nitrogens with one attached hydrogen (secondary N) is 2. The molecule has 2 amide bonds. The Labute approximate surface area is 208 Å². The van der Waals surface area contributed by atoms with Gasteiger partial charge < -0.3 is 26.3 Å². The molecule has 0 spiro atoms. The Hall–Kier alpha value is -3.72. The van der Waals surface area contributed by atoms with Gasteiger partial charge in [-0.3, -0.25) is 14.5 Å². The number of nitrogens with zero attached hydrogens (tertiary/aromatic N) is 5. The smallest absolute Gasteiger partial charge is 0.352 e. The van der Waals surface area contributed by atoms with Gasteiger partial charge in [-0.05, 0) is 13.0 Å². The maximum Gasteiger partial charge on any atom is 0.352 e. The predicted molar refractivity (Wildman–Crippen MR) is 128 cm³/mol. The van der Waals surface area contributed by atoms with Crippen LogP contribution in [0.15, 0.2) is 41.0 Å². The zero-order chi connectivity index (χ0) is 25.1. The lowest BCUT2D eigenvalue weighted by Crippen LogP contribution is -2.71. The monoisotopic (exact) mass is 519 g/mol. The first-order chi connectivity index (χ1) is 16.8. The Morgan fingerprint density at radius 2 is 2.26 bits per heavy atom. The van der Waals surface area contributed by atoms with Crippen molar-refractivity contribution in [2.24, 2.45) is 5.16 Å². The first-order valence-corrected chi connectivity index (χ1v) is 12.3. The van der Waals surface area contributed by atoms with Crippen LogP contribution in [0.4, 0.5) is 10.8 Å². The van der Waals surface area contributed by atoms with E-state index in [1.54, 1.807) is 14.0 Å². The summed E-state index contributed by atoms with van der Waals surface area (Å²) in [4.78, 5) is 48.2. The highest BCUT2D eigenvalue weighted by Gasteiger charge is 2.54. The van der Waals surface area contributed by atoms with Crippen molar-refractivity contribution in [1.29, 1.82) is 0 Å². The number of carboxylic acids is 1. The molecule has 0 bridgehead atoms. The Morgan fingerprint density at radius 1 is 1.46 bits per heavy atom. The number of pyridine rings is 1. The Balaban J connectivity index is 1.53. The van der Waals surface area contributed by atoms with E-state index in [2.05, 4.69) is 25.1 Å². The minimum absolute atomic E-state index is 0.0207. The molecule has 35 heavy (non-hydrogen) atoms. The molecular weight excluding hydrogens is 496 g/mol. The Bertz CT molecular complexity index is 1230. The zero-order valence-corrected chi connectivity index (χ0v) is 20.4. The van der Waals surface area contributed by atoms with Crippen molar-refractivity contribution >= 4 is 57.6 Å². The maximum absolute atomic E-state index is 13.0. The summed E-state index contributed by atoms with van der Waals surface area (Å²) in [5.41, 5.74) is 6.79. The summed E-state index contributed by atoms with van der Waals surface area (Å²) in [5.74, 6) is -2.09. The van der Waals surface area contributed by atoms with E-state index in [1.165, 1.54) is 16.7 Å². The van der Waals surface area contributed by atoms with Gasteiger partial charge in [-0.2, -0.15) is 13.9 Å². The maximum atomic E-state index is 13.0. The molecule has 4 rings (SSSR count). The average Bonchev–Trinajstić information content (AvgIpc) is 3.28. The number of rotatable bonds is 9. The minimum atomic E-state index is -1.20. The summed E-state index contributed by atoms with van der Waals surface area (Å²) < 4.78 is 5.83. The van der Waals surface area contributed by atoms with Crippen LogP contribution in [0.3, 0.4) is 0 Å². The highest BCUT2D eigenvalue weighted by molar-refractivity contribution is 8.00. The Kier molecular flexibility index (Phi) is 7.16. The van der Waals surface area contributed by atoms with E-state index in [1.807, 2.05) is 29.1 Å². The molecule has 0 aromatic carbocycles. The number of aromatic nitrogens is 3. The SMILES string of the molecule is CCON=C(C(=O)NC1C(=O)N2C(C(=O)O)=C(C[n+]3cccc(NC)c3)CS[C@H]12)c1nsc(N)n1. The minimum Gasteiger partial charge on any atom is -0.477 e. The van der Waals surface area contributed by atoms with Crippen LogP contribution in [0.5, 0.6) is 0 Å². The number of carbonyl (C=O) groups is 3. The van der Waals surface area contributed by atoms with Gasteiger partial charge in [-0.15, -0.1) is 11.8 Å². The van der Waals surface area contributed by atoms with E-state index in [9.17, 15) is 19.5 Å². The molecule has 0 saturated carbocycles. The van der Waals surface area contributed by atoms with E-state index in [-0.39, 0.29) is 29.0 Å². The van der Waals surface area contributed by atoms with Crippen molar-refractivity contribution < 1.29 is 28.9 Å². The molecule has 2 aromatic rings. The van der Waals surface area contributed by atoms with Crippen molar-refractivity contribution in [2.75, 3.05) is 30.5 Å². The third-order valence-corrected chi connectivity index (χ3v) is 7.09. The molecule has 1 unspecified atom stereocenters. The second-order valence-corrected chi connectivity index (χ2v) is 9.34. The van der Waals surface area contributed by atoms with Crippen LogP contribution in [-0.4, -0.2) is 73.7 Å². The van der Waals surface area contributed by atoms with Crippen LogP contribution < -0.4 is 20.9 Å². The van der Waals surface area contributed by atoms with E-state index in [4.69, 9.17) is 10.6 Å². The lowest BCUT2D eigenvalue weighted by atomic mass is 10.0. The van der Waals surface area contributed by atoms with Gasteiger partial charge in [0, 0.05) is 36.0 Å². The van der Waals surface area contributed by atoms with E-state index in [0.29, 0.717) is 17.9 Å². The first-order valence-electron chi connectivity index (χ1n) is 10.5. The normalized spacial score (nSPS) is 19.7. The lowest BCUT2D eigenvalue weighted by Gasteiger charge is -2.49. The molecule has 2 aliphatic rings. The number of thioether (sulfide) groups is 1. The predicted octanol–water partition coefficient (Wildman–Crippen LogP) is -0.371. The van der Waals surface area contributed by atoms with Crippen LogP contribution in [-0.2, 0) is 25.8 Å². The number of nitrogen functional groups attached to an aromatic ring is 1. The van der Waals surface area contributed by atoms with Gasteiger partial charge in [-0.1, -0.05) is 5.16 Å². The van der Waals surface area contributed by atoms with Crippen molar-refractivity contribution in [3.8, 4) is 0 Å². The number of aliphatic carboxylic acids is 1. The summed E-state index contributed by atoms with van der Waals surface area (Å²) in [6, 6.07) is 2.80. The number of nitrogens with two attached hydrogens (primary N) is 1. The summed E-state index contributed by atoms with van der Waals surface area (Å²) in [7, 11) is 1.79. The number of amides is 2. The second-order valence-electron chi connectivity index (χ2n) is 7.45. The van der Waals surface area contributed by atoms with Gasteiger partial charge in [0.1, 0.15) is 23.7 Å². The standard InChI is InChI=1S/C20H22N8O5S2/c1-3-33-25-12(15-24-20(21)35-26-15)16(29)23-13-17(30)28-14(19(31)32)10(9-34-18(13)28)7-27-6-4-5-11(8-27)22-2/h4-6,8,13,18,22H,3,7,9H2,1-2H3,(H3-,21,23,24,26,29,31,32)/p+1/t13?,18-/m1/s1. The lowest BCUT2D eigenvalue weighted by molar-refractivity contribution is -0.688. The molecular formula is C20H23N8O5S2+. The van der Waals surface area contributed by atoms with E-state index in [0.717, 1.165) is 17.2 Å². The van der Waals surface area contributed by atoms with Gasteiger partial charge in [0.2, 0.25) is 11.5 Å². The van der Waals surface area contributed by atoms with E-state index < -0.39 is 29.2 Å². The van der Waals surface area contributed by atoms with Gasteiger partial charge >= 0.3 is 5.97 Å². The third-order valence-electron chi connectivity index (χ3n) is 5.21. The summed E-state index contributed by atoms with van der Waals surface area (Å²) in [6.45, 7) is 2.20. The highest BCUT2D eigenvalue weighted by Crippen LogP contribution is 2.40. The van der Waals surface area contributed by atoms with Crippen molar-refractivity contribution in [2.45, 2.75) is 24.9 Å². The van der Waals surface area contributed by atoms with Crippen LogP contribution in [0.2, 0.25) is 0 Å². The largest absolute Gasteiger partial charge is 0.477 e. The molecule has 1 fully saturated rings. The average molecular weight is 520 g/mol. The molecule has 2 atom stereocenters. The number of carboxylic acid groups (broad SMARTS) is 1. The fourth-order valence-corrected chi connectivity index (χ4v) is 5.42. The van der Waals surface area contributed by atoms with Crippen molar-refractivity contribution in [3.63, 3.8) is 0 Å². The summed E-state index contributed by atoms with van der Waals surface area (Å²) in [6.07, 6.45) is 3.67. The van der Waals surface area contributed by atoms with Gasteiger partial charge in [0.15, 0.2) is 24.1 Å². The Morgan fingerprint density at radius 3 is 2.91 bits per heavy atom.